The quantitative estimate of drug-likeness (QED) is 0.237. The number of carbonyl (C=O) groups excluding carboxylic acids is 2. The molecule has 1 atom stereocenters. The third-order valence-corrected chi connectivity index (χ3v) is 8.71. The van der Waals surface area contributed by atoms with Gasteiger partial charge >= 0.3 is 0 Å². The highest BCUT2D eigenvalue weighted by Gasteiger charge is 2.44. The van der Waals surface area contributed by atoms with Crippen LogP contribution in [0.25, 0.3) is 0 Å². The number of nitrogens with zero attached hydrogens (tertiary/aromatic N) is 4. The molecule has 0 spiro atoms. The van der Waals surface area contributed by atoms with Gasteiger partial charge in [0.05, 0.1) is 25.8 Å². The van der Waals surface area contributed by atoms with Gasteiger partial charge in [-0.2, -0.15) is 0 Å². The van der Waals surface area contributed by atoms with Gasteiger partial charge in [0, 0.05) is 49.1 Å². The minimum Gasteiger partial charge on any atom is -0.497 e. The molecule has 2 heterocycles. The monoisotopic (exact) mass is 649 g/mol. The number of hydrogen-bond donors (Lipinski definition) is 1. The topological polar surface area (TPSA) is 77.6 Å². The van der Waals surface area contributed by atoms with E-state index in [1.165, 1.54) is 4.90 Å². The van der Waals surface area contributed by atoms with Gasteiger partial charge in [-0.15, -0.1) is 0 Å². The van der Waals surface area contributed by atoms with Crippen LogP contribution in [0, 0.1) is 0 Å². The fourth-order valence-electron chi connectivity index (χ4n) is 5.67. The number of ether oxygens (including phenoxy) is 2. The van der Waals surface area contributed by atoms with Gasteiger partial charge in [0.1, 0.15) is 17.5 Å². The molecular formula is C34H40ClN5O4S. The summed E-state index contributed by atoms with van der Waals surface area (Å²) in [5.41, 5.74) is 2.44. The van der Waals surface area contributed by atoms with Gasteiger partial charge in [0.2, 0.25) is 5.91 Å². The number of carbonyl (C=O) groups is 2. The lowest BCUT2D eigenvalue weighted by atomic mass is 10.1. The van der Waals surface area contributed by atoms with E-state index in [-0.39, 0.29) is 18.2 Å². The Morgan fingerprint density at radius 1 is 0.956 bits per heavy atom. The van der Waals surface area contributed by atoms with E-state index in [1.807, 2.05) is 54.3 Å². The van der Waals surface area contributed by atoms with Crippen molar-refractivity contribution in [1.29, 1.82) is 0 Å². The van der Waals surface area contributed by atoms with Crippen LogP contribution in [0.4, 0.5) is 17.1 Å². The fourth-order valence-corrected chi connectivity index (χ4v) is 6.26. The van der Waals surface area contributed by atoms with Crippen molar-refractivity contribution in [2.24, 2.45) is 0 Å². The van der Waals surface area contributed by atoms with Gasteiger partial charge in [0.25, 0.3) is 5.91 Å². The first-order valence-electron chi connectivity index (χ1n) is 15.4. The molecule has 0 saturated carbocycles. The molecule has 1 N–H and O–H groups in total. The van der Waals surface area contributed by atoms with Crippen molar-refractivity contribution < 1.29 is 19.1 Å². The maximum atomic E-state index is 13.8. The molecule has 2 aliphatic heterocycles. The third kappa shape index (κ3) is 8.25. The van der Waals surface area contributed by atoms with Crippen molar-refractivity contribution in [2.45, 2.75) is 32.2 Å². The summed E-state index contributed by atoms with van der Waals surface area (Å²) in [5, 5.41) is 4.09. The summed E-state index contributed by atoms with van der Waals surface area (Å²) in [4.78, 5) is 35.3. The number of rotatable bonds is 13. The molecular weight excluding hydrogens is 610 g/mol. The molecule has 0 aliphatic carbocycles. The van der Waals surface area contributed by atoms with E-state index in [0.717, 1.165) is 62.0 Å². The second-order valence-corrected chi connectivity index (χ2v) is 12.0. The normalized spacial score (nSPS) is 17.1. The average molecular weight is 650 g/mol. The SMILES string of the molecule is CCCOc1ccc(NC(=O)C[C@H]2C(=O)N(c3ccc(OC)cc3)C(=S)N2CCCN2CCN(c3cccc(Cl)c3)CC2)cc1. The zero-order valence-corrected chi connectivity index (χ0v) is 27.4. The van der Waals surface area contributed by atoms with Gasteiger partial charge in [0.15, 0.2) is 5.11 Å². The smallest absolute Gasteiger partial charge is 0.256 e. The number of amides is 2. The number of thiocarbonyl (C=S) groups is 1. The number of nitrogens with one attached hydrogen (secondary N) is 1. The van der Waals surface area contributed by atoms with Gasteiger partial charge in [-0.25, -0.2) is 0 Å². The highest BCUT2D eigenvalue weighted by molar-refractivity contribution is 7.80. The zero-order valence-electron chi connectivity index (χ0n) is 25.8. The first kappa shape index (κ1) is 32.5. The maximum absolute atomic E-state index is 13.8. The number of halogens is 1. The first-order chi connectivity index (χ1) is 21.9. The van der Waals surface area contributed by atoms with Gasteiger partial charge in [-0.3, -0.25) is 19.4 Å². The van der Waals surface area contributed by atoms with Crippen LogP contribution in [0.2, 0.25) is 5.02 Å². The molecule has 5 rings (SSSR count). The fraction of sp³-hybridized carbons (Fsp3) is 0.382. The van der Waals surface area contributed by atoms with Crippen molar-refractivity contribution in [1.82, 2.24) is 9.80 Å². The predicted molar refractivity (Wildman–Crippen MR) is 184 cm³/mol. The molecule has 11 heteroatoms. The molecule has 2 amide bonds. The third-order valence-electron chi connectivity index (χ3n) is 8.06. The Bertz CT molecular complexity index is 1460. The second kappa shape index (κ2) is 15.4. The number of hydrogen-bond acceptors (Lipinski definition) is 7. The summed E-state index contributed by atoms with van der Waals surface area (Å²) in [6.45, 7) is 7.81. The van der Waals surface area contributed by atoms with Crippen LogP contribution in [-0.4, -0.2) is 85.8 Å². The minimum absolute atomic E-state index is 0.0158. The van der Waals surface area contributed by atoms with E-state index in [1.54, 1.807) is 31.4 Å². The molecule has 0 unspecified atom stereocenters. The minimum atomic E-state index is -0.702. The van der Waals surface area contributed by atoms with E-state index in [2.05, 4.69) is 21.2 Å². The summed E-state index contributed by atoms with van der Waals surface area (Å²) in [7, 11) is 1.60. The molecule has 0 aromatic heterocycles. The van der Waals surface area contributed by atoms with Crippen LogP contribution in [0.1, 0.15) is 26.2 Å². The lowest BCUT2D eigenvalue weighted by Gasteiger charge is -2.36. The Labute approximate surface area is 275 Å². The number of benzene rings is 3. The van der Waals surface area contributed by atoms with Crippen molar-refractivity contribution in [3.8, 4) is 11.5 Å². The van der Waals surface area contributed by atoms with Crippen molar-refractivity contribution in [3.63, 3.8) is 0 Å². The molecule has 3 aromatic carbocycles. The van der Waals surface area contributed by atoms with Crippen LogP contribution in [0.15, 0.2) is 72.8 Å². The Kier molecular flexibility index (Phi) is 11.2. The second-order valence-electron chi connectivity index (χ2n) is 11.2. The molecule has 9 nitrogen and oxygen atoms in total. The van der Waals surface area contributed by atoms with Crippen molar-refractivity contribution in [2.75, 3.05) is 68.1 Å². The molecule has 0 bridgehead atoms. The van der Waals surface area contributed by atoms with Gasteiger partial charge in [-0.1, -0.05) is 24.6 Å². The molecule has 2 saturated heterocycles. The largest absolute Gasteiger partial charge is 0.497 e. The molecule has 238 valence electrons. The average Bonchev–Trinajstić information content (AvgIpc) is 3.28. The number of anilines is 3. The van der Waals surface area contributed by atoms with E-state index in [9.17, 15) is 9.59 Å². The number of methoxy groups -OCH3 is 1. The lowest BCUT2D eigenvalue weighted by molar-refractivity contribution is -0.124. The maximum Gasteiger partial charge on any atom is 0.256 e. The molecule has 2 aliphatic rings. The summed E-state index contributed by atoms with van der Waals surface area (Å²) in [6, 6.07) is 21.7. The van der Waals surface area contributed by atoms with Crippen molar-refractivity contribution in [3.05, 3.63) is 77.8 Å². The summed E-state index contributed by atoms with van der Waals surface area (Å²) in [6.07, 6.45) is 1.71. The van der Waals surface area contributed by atoms with E-state index < -0.39 is 6.04 Å². The summed E-state index contributed by atoms with van der Waals surface area (Å²) >= 11 is 12.1. The van der Waals surface area contributed by atoms with Crippen LogP contribution < -0.4 is 24.6 Å². The van der Waals surface area contributed by atoms with Crippen LogP contribution in [0.5, 0.6) is 11.5 Å². The van der Waals surface area contributed by atoms with Crippen LogP contribution >= 0.6 is 23.8 Å². The van der Waals surface area contributed by atoms with Crippen LogP contribution in [0.3, 0.4) is 0 Å². The summed E-state index contributed by atoms with van der Waals surface area (Å²) in [5.74, 6) is 0.972. The Balaban J connectivity index is 1.22. The Morgan fingerprint density at radius 3 is 2.33 bits per heavy atom. The molecule has 0 radical (unpaired) electrons. The Morgan fingerprint density at radius 2 is 1.67 bits per heavy atom. The molecule has 2 fully saturated rings. The zero-order chi connectivity index (χ0) is 31.8. The number of piperazine rings is 1. The molecule has 3 aromatic rings. The lowest BCUT2D eigenvalue weighted by Crippen LogP contribution is -2.47. The van der Waals surface area contributed by atoms with E-state index in [0.29, 0.717) is 35.4 Å². The van der Waals surface area contributed by atoms with Gasteiger partial charge in [-0.05, 0) is 98.3 Å². The first-order valence-corrected chi connectivity index (χ1v) is 16.2. The standard InChI is InChI=1S/C34H40ClN5O4S/c1-3-22-44-30-12-8-26(9-13-30)36-32(41)24-31-33(42)40(27-10-14-29(43-2)15-11-27)34(45)39(31)17-5-16-37-18-20-38(21-19-37)28-7-4-6-25(35)23-28/h4,6-15,23,31H,3,5,16-22,24H2,1-2H3,(H,36,41)/t31-/m0/s1. The highest BCUT2D eigenvalue weighted by atomic mass is 35.5. The van der Waals surface area contributed by atoms with E-state index in [4.69, 9.17) is 33.3 Å². The molecule has 45 heavy (non-hydrogen) atoms. The van der Waals surface area contributed by atoms with Gasteiger partial charge < -0.3 is 24.6 Å². The Hall–Kier alpha value is -3.86. The van der Waals surface area contributed by atoms with Crippen molar-refractivity contribution >= 4 is 57.8 Å². The predicted octanol–water partition coefficient (Wildman–Crippen LogP) is 5.68. The summed E-state index contributed by atoms with van der Waals surface area (Å²) < 4.78 is 10.9. The van der Waals surface area contributed by atoms with E-state index >= 15 is 0 Å². The van der Waals surface area contributed by atoms with Crippen LogP contribution in [-0.2, 0) is 9.59 Å². The highest BCUT2D eigenvalue weighted by Crippen LogP contribution is 2.29.